The van der Waals surface area contributed by atoms with Crippen molar-refractivity contribution in [1.29, 1.82) is 0 Å². The summed E-state index contributed by atoms with van der Waals surface area (Å²) in [5.74, 6) is 0.240. The molecule has 2 aliphatic rings. The highest BCUT2D eigenvalue weighted by Gasteiger charge is 2.42. The van der Waals surface area contributed by atoms with E-state index in [1.165, 1.54) is 6.20 Å². The first-order valence-corrected chi connectivity index (χ1v) is 7.35. The molecule has 0 radical (unpaired) electrons. The van der Waals surface area contributed by atoms with Gasteiger partial charge >= 0.3 is 0 Å². The van der Waals surface area contributed by atoms with Gasteiger partial charge in [0, 0.05) is 6.04 Å². The molecule has 1 atom stereocenters. The Balaban J connectivity index is 2.11. The maximum Gasteiger partial charge on any atom is 0.273 e. The third-order valence-corrected chi connectivity index (χ3v) is 4.31. The van der Waals surface area contributed by atoms with Crippen molar-refractivity contribution >= 4 is 29.0 Å². The van der Waals surface area contributed by atoms with Crippen LogP contribution in [-0.2, 0) is 4.79 Å². The largest absolute Gasteiger partial charge is 0.340 e. The summed E-state index contributed by atoms with van der Waals surface area (Å²) in [4.78, 5) is 22.5. The van der Waals surface area contributed by atoms with Crippen molar-refractivity contribution in [3.63, 3.8) is 0 Å². The number of nitrogens with zero attached hydrogens (tertiary/aromatic N) is 4. The third kappa shape index (κ3) is 2.03. The molecule has 3 rings (SSSR count). The van der Waals surface area contributed by atoms with Gasteiger partial charge in [-0.15, -0.1) is 0 Å². The maximum atomic E-state index is 12.3. The molecule has 1 amide bonds. The average molecular weight is 297 g/mol. The molecule has 2 heterocycles. The number of aromatic nitrogens is 2. The highest BCUT2D eigenvalue weighted by atomic mass is 35.5. The van der Waals surface area contributed by atoms with E-state index in [1.54, 1.807) is 0 Å². The van der Waals surface area contributed by atoms with Gasteiger partial charge in [-0.05, 0) is 30.9 Å². The van der Waals surface area contributed by atoms with Crippen molar-refractivity contribution < 1.29 is 10.0 Å². The third-order valence-electron chi connectivity index (χ3n) is 4.13. The van der Waals surface area contributed by atoms with E-state index in [0.717, 1.165) is 25.7 Å². The van der Waals surface area contributed by atoms with Gasteiger partial charge in [0.2, 0.25) is 5.28 Å². The fraction of sp³-hybridized carbons (Fsp3) is 0.615. The Morgan fingerprint density at radius 2 is 2.15 bits per heavy atom. The van der Waals surface area contributed by atoms with Gasteiger partial charge in [0.1, 0.15) is 11.7 Å². The molecule has 7 heteroatoms. The Hall–Kier alpha value is -1.40. The van der Waals surface area contributed by atoms with Crippen molar-refractivity contribution in [3.05, 3.63) is 11.5 Å². The van der Waals surface area contributed by atoms with Crippen molar-refractivity contribution in [1.82, 2.24) is 9.97 Å². The second-order valence-corrected chi connectivity index (χ2v) is 5.61. The van der Waals surface area contributed by atoms with Crippen LogP contribution in [0.15, 0.2) is 6.20 Å². The number of amides is 1. The number of hydrogen-bond acceptors (Lipinski definition) is 5. The number of rotatable bonds is 2. The summed E-state index contributed by atoms with van der Waals surface area (Å²) in [7, 11) is 0. The standard InChI is InChI=1S/C13H17ClN4O2/c1-2-9-12(19)18(20)10-7-15-13(14)16-11(10)17(9)8-5-3-4-6-8/h7-9,20H,2-6H2,1H3/t9-/m1/s1. The summed E-state index contributed by atoms with van der Waals surface area (Å²) < 4.78 is 0. The number of carbonyl (C=O) groups is 1. The number of hydrogen-bond donors (Lipinski definition) is 1. The minimum absolute atomic E-state index is 0.129. The van der Waals surface area contributed by atoms with Crippen LogP contribution < -0.4 is 9.96 Å². The number of halogens is 1. The van der Waals surface area contributed by atoms with Crippen molar-refractivity contribution in [2.24, 2.45) is 0 Å². The Morgan fingerprint density at radius 1 is 1.45 bits per heavy atom. The van der Waals surface area contributed by atoms with E-state index in [-0.39, 0.29) is 23.3 Å². The topological polar surface area (TPSA) is 69.6 Å². The van der Waals surface area contributed by atoms with Crippen LogP contribution in [0.5, 0.6) is 0 Å². The lowest BCUT2D eigenvalue weighted by Gasteiger charge is -2.42. The highest BCUT2D eigenvalue weighted by molar-refractivity contribution is 6.28. The van der Waals surface area contributed by atoms with E-state index in [9.17, 15) is 10.0 Å². The molecule has 0 aromatic carbocycles. The Bertz CT molecular complexity index is 533. The SMILES string of the molecule is CC[C@@H]1C(=O)N(O)c2cnc(Cl)nc2N1C1CCCC1. The first-order valence-electron chi connectivity index (χ1n) is 6.97. The van der Waals surface area contributed by atoms with Gasteiger partial charge in [0.05, 0.1) is 6.20 Å². The molecule has 1 N–H and O–H groups in total. The molecule has 0 spiro atoms. The summed E-state index contributed by atoms with van der Waals surface area (Å²) in [5.41, 5.74) is 0.316. The minimum atomic E-state index is -0.387. The molecule has 1 aromatic rings. The van der Waals surface area contributed by atoms with Gasteiger partial charge in [0.25, 0.3) is 5.91 Å². The molecule has 1 aromatic heterocycles. The van der Waals surface area contributed by atoms with Gasteiger partial charge < -0.3 is 4.90 Å². The van der Waals surface area contributed by atoms with Crippen LogP contribution in [-0.4, -0.2) is 33.2 Å². The normalized spacial score (nSPS) is 23.4. The average Bonchev–Trinajstić information content (AvgIpc) is 2.96. The first-order chi connectivity index (χ1) is 9.63. The van der Waals surface area contributed by atoms with E-state index >= 15 is 0 Å². The van der Waals surface area contributed by atoms with Gasteiger partial charge in [-0.2, -0.15) is 10.0 Å². The van der Waals surface area contributed by atoms with E-state index in [1.807, 2.05) is 11.8 Å². The van der Waals surface area contributed by atoms with Crippen LogP contribution in [0, 0.1) is 0 Å². The molecule has 0 bridgehead atoms. The first kappa shape index (κ1) is 13.6. The lowest BCUT2D eigenvalue weighted by Crippen LogP contribution is -2.55. The molecule has 20 heavy (non-hydrogen) atoms. The van der Waals surface area contributed by atoms with Gasteiger partial charge in [-0.3, -0.25) is 10.0 Å². The molecule has 108 valence electrons. The smallest absolute Gasteiger partial charge is 0.273 e. The molecule has 1 aliphatic carbocycles. The second-order valence-electron chi connectivity index (χ2n) is 5.27. The number of fused-ring (bicyclic) bond motifs is 1. The summed E-state index contributed by atoms with van der Waals surface area (Å²) in [5, 5.41) is 10.8. The van der Waals surface area contributed by atoms with Crippen molar-refractivity contribution in [2.75, 3.05) is 9.96 Å². The molecular weight excluding hydrogens is 280 g/mol. The molecule has 1 fully saturated rings. The molecule has 0 saturated heterocycles. The Kier molecular flexibility index (Phi) is 3.52. The fourth-order valence-corrected chi connectivity index (χ4v) is 3.32. The molecule has 6 nitrogen and oxygen atoms in total. The monoisotopic (exact) mass is 296 g/mol. The van der Waals surface area contributed by atoms with E-state index < -0.39 is 0 Å². The lowest BCUT2D eigenvalue weighted by atomic mass is 10.0. The lowest BCUT2D eigenvalue weighted by molar-refractivity contribution is -0.125. The van der Waals surface area contributed by atoms with E-state index in [2.05, 4.69) is 9.97 Å². The Labute approximate surface area is 122 Å². The van der Waals surface area contributed by atoms with E-state index in [4.69, 9.17) is 11.6 Å². The van der Waals surface area contributed by atoms with Crippen LogP contribution in [0.3, 0.4) is 0 Å². The van der Waals surface area contributed by atoms with Gasteiger partial charge in [-0.1, -0.05) is 19.8 Å². The highest BCUT2D eigenvalue weighted by Crippen LogP contribution is 2.39. The predicted octanol–water partition coefficient (Wildman–Crippen LogP) is 2.39. The molecular formula is C13H17ClN4O2. The zero-order valence-corrected chi connectivity index (χ0v) is 12.0. The van der Waals surface area contributed by atoms with Gasteiger partial charge in [-0.25, -0.2) is 4.98 Å². The second kappa shape index (κ2) is 5.18. The maximum absolute atomic E-state index is 12.3. The van der Waals surface area contributed by atoms with Crippen LogP contribution in [0.1, 0.15) is 39.0 Å². The summed E-state index contributed by atoms with van der Waals surface area (Å²) in [6, 6.07) is -0.108. The minimum Gasteiger partial charge on any atom is -0.340 e. The van der Waals surface area contributed by atoms with Gasteiger partial charge in [0.15, 0.2) is 5.82 Å². The van der Waals surface area contributed by atoms with Crippen molar-refractivity contribution in [2.45, 2.75) is 51.1 Å². The Morgan fingerprint density at radius 3 is 2.80 bits per heavy atom. The number of carbonyl (C=O) groups excluding carboxylic acids is 1. The van der Waals surface area contributed by atoms with E-state index in [0.29, 0.717) is 23.0 Å². The van der Waals surface area contributed by atoms with Crippen molar-refractivity contribution in [3.8, 4) is 0 Å². The van der Waals surface area contributed by atoms with Crippen LogP contribution in [0.4, 0.5) is 11.5 Å². The molecule has 0 unspecified atom stereocenters. The summed E-state index contributed by atoms with van der Waals surface area (Å²) in [6.07, 6.45) is 6.40. The summed E-state index contributed by atoms with van der Waals surface area (Å²) in [6.45, 7) is 1.94. The van der Waals surface area contributed by atoms with Crippen LogP contribution >= 0.6 is 11.6 Å². The zero-order valence-electron chi connectivity index (χ0n) is 11.3. The predicted molar refractivity (Wildman–Crippen MR) is 75.1 cm³/mol. The fourth-order valence-electron chi connectivity index (χ4n) is 3.19. The number of anilines is 2. The quantitative estimate of drug-likeness (QED) is 0.670. The number of hydroxylamine groups is 1. The van der Waals surface area contributed by atoms with Crippen LogP contribution in [0.25, 0.3) is 0 Å². The summed E-state index contributed by atoms with van der Waals surface area (Å²) >= 11 is 5.89. The molecule has 1 saturated carbocycles. The molecule has 1 aliphatic heterocycles. The zero-order chi connectivity index (χ0) is 14.3. The van der Waals surface area contributed by atoms with Crippen LogP contribution in [0.2, 0.25) is 5.28 Å².